The molecule has 3 aliphatic rings. The lowest BCUT2D eigenvalue weighted by Gasteiger charge is -2.34. The largest absolute Gasteiger partial charge is 0.495 e. The maximum absolute atomic E-state index is 12.7. The van der Waals surface area contributed by atoms with Crippen LogP contribution in [0.4, 0.5) is 11.5 Å². The molecule has 0 saturated carbocycles. The zero-order chi connectivity index (χ0) is 22.2. The van der Waals surface area contributed by atoms with Gasteiger partial charge in [-0.05, 0) is 36.8 Å². The van der Waals surface area contributed by atoms with E-state index in [1.165, 1.54) is 7.05 Å². The molecule has 2 saturated heterocycles. The number of hydrogen-bond donors (Lipinski definition) is 2. The van der Waals surface area contributed by atoms with E-state index in [0.717, 1.165) is 33.5 Å². The molecule has 162 valence electrons. The highest BCUT2D eigenvalue weighted by molar-refractivity contribution is 7.89. The third-order valence-electron chi connectivity index (χ3n) is 6.30. The number of para-hydroxylation sites is 2. The van der Waals surface area contributed by atoms with Crippen molar-refractivity contribution in [3.05, 3.63) is 59.9 Å². The first-order valence-corrected chi connectivity index (χ1v) is 11.4. The number of aromatic nitrogens is 1. The number of guanidine groups is 1. The van der Waals surface area contributed by atoms with Crippen LogP contribution in [0.1, 0.15) is 18.2 Å². The van der Waals surface area contributed by atoms with Gasteiger partial charge in [-0.1, -0.05) is 18.7 Å². The van der Waals surface area contributed by atoms with Gasteiger partial charge in [0.25, 0.3) is 0 Å². The zero-order valence-corrected chi connectivity index (χ0v) is 18.4. The molecule has 2 fully saturated rings. The fourth-order valence-electron chi connectivity index (χ4n) is 4.15. The molecule has 9 nitrogen and oxygen atoms in total. The van der Waals surface area contributed by atoms with Gasteiger partial charge in [-0.2, -0.15) is 0 Å². The second-order valence-electron chi connectivity index (χ2n) is 8.31. The minimum atomic E-state index is -3.59. The number of pyridine rings is 1. The highest BCUT2D eigenvalue weighted by atomic mass is 32.2. The number of methoxy groups -OCH3 is 1. The Hall–Kier alpha value is -3.27. The fraction of sp³-hybridized carbons (Fsp3) is 0.333. The molecule has 5 rings (SSSR count). The third-order valence-corrected chi connectivity index (χ3v) is 8.25. The average Bonchev–Trinajstić information content (AvgIpc) is 3.61. The smallest absolute Gasteiger partial charge is 0.239 e. The van der Waals surface area contributed by atoms with Crippen molar-refractivity contribution in [2.45, 2.75) is 18.0 Å². The van der Waals surface area contributed by atoms with Gasteiger partial charge in [0.2, 0.25) is 16.0 Å². The van der Waals surface area contributed by atoms with Gasteiger partial charge in [0, 0.05) is 12.7 Å². The predicted molar refractivity (Wildman–Crippen MR) is 119 cm³/mol. The van der Waals surface area contributed by atoms with Crippen LogP contribution < -0.4 is 15.8 Å². The Morgan fingerprint density at radius 2 is 2.00 bits per heavy atom. The van der Waals surface area contributed by atoms with Crippen LogP contribution in [0.5, 0.6) is 5.75 Å². The molecule has 0 bridgehead atoms. The summed E-state index contributed by atoms with van der Waals surface area (Å²) in [6.07, 6.45) is 0. The Bertz CT molecular complexity index is 1260. The lowest BCUT2D eigenvalue weighted by Crippen LogP contribution is -2.50. The fourth-order valence-corrected chi connectivity index (χ4v) is 5.61. The van der Waals surface area contributed by atoms with Crippen molar-refractivity contribution in [3.63, 3.8) is 0 Å². The first-order chi connectivity index (χ1) is 14.6. The molecule has 0 spiro atoms. The summed E-state index contributed by atoms with van der Waals surface area (Å²) >= 11 is 0. The van der Waals surface area contributed by atoms with Crippen LogP contribution in [0.3, 0.4) is 0 Å². The Morgan fingerprint density at radius 1 is 1.29 bits per heavy atom. The Balaban J connectivity index is 1.62. The van der Waals surface area contributed by atoms with E-state index in [-0.39, 0.29) is 17.3 Å². The highest BCUT2D eigenvalue weighted by Gasteiger charge is 2.74. The molecular weight excluding hydrogens is 416 g/mol. The van der Waals surface area contributed by atoms with Crippen molar-refractivity contribution >= 4 is 27.5 Å². The number of ether oxygens (including phenoxy) is 1. The zero-order valence-electron chi connectivity index (χ0n) is 17.6. The van der Waals surface area contributed by atoms with Crippen molar-refractivity contribution in [2.24, 2.45) is 10.7 Å². The molecule has 3 N–H and O–H groups in total. The molecule has 1 aromatic heterocycles. The van der Waals surface area contributed by atoms with Crippen molar-refractivity contribution in [1.82, 2.24) is 14.2 Å². The summed E-state index contributed by atoms with van der Waals surface area (Å²) in [7, 11) is -0.577. The normalized spacial score (nSPS) is 28.0. The number of sulfonamides is 1. The first-order valence-electron chi connectivity index (χ1n) is 9.83. The van der Waals surface area contributed by atoms with Gasteiger partial charge in [0.1, 0.15) is 22.6 Å². The number of fused-ring (bicyclic) bond motifs is 1. The summed E-state index contributed by atoms with van der Waals surface area (Å²) in [4.78, 5) is 11.5. The molecule has 1 aromatic carbocycles. The Morgan fingerprint density at radius 3 is 2.61 bits per heavy atom. The molecule has 0 radical (unpaired) electrons. The molecule has 0 aliphatic carbocycles. The maximum atomic E-state index is 12.7. The number of nitrogens with zero attached hydrogens (tertiary/aromatic N) is 4. The van der Waals surface area contributed by atoms with E-state index in [0.29, 0.717) is 11.6 Å². The Kier molecular flexibility index (Phi) is 3.89. The van der Waals surface area contributed by atoms with Crippen LogP contribution in [0.25, 0.3) is 0 Å². The van der Waals surface area contributed by atoms with Crippen LogP contribution >= 0.6 is 0 Å². The van der Waals surface area contributed by atoms with Crippen LogP contribution in [-0.2, 0) is 21.1 Å². The average molecular weight is 441 g/mol. The van der Waals surface area contributed by atoms with Crippen molar-refractivity contribution in [3.8, 4) is 5.75 Å². The number of nitrogens with one attached hydrogen (secondary N) is 1. The van der Waals surface area contributed by atoms with E-state index in [4.69, 9.17) is 15.5 Å². The summed E-state index contributed by atoms with van der Waals surface area (Å²) in [5.41, 5.74) is 7.98. The van der Waals surface area contributed by atoms with Gasteiger partial charge in [-0.3, -0.25) is 0 Å². The molecule has 2 aromatic rings. The van der Waals surface area contributed by atoms with E-state index in [2.05, 4.69) is 21.8 Å². The van der Waals surface area contributed by atoms with Crippen LogP contribution in [0.2, 0.25) is 0 Å². The monoisotopic (exact) mass is 440 g/mol. The summed E-state index contributed by atoms with van der Waals surface area (Å²) in [6, 6.07) is 11.3. The molecule has 2 atom stereocenters. The van der Waals surface area contributed by atoms with E-state index in [1.807, 2.05) is 36.4 Å². The summed E-state index contributed by atoms with van der Waals surface area (Å²) in [6.45, 7) is 6.73. The van der Waals surface area contributed by atoms with Gasteiger partial charge in [-0.15, -0.1) is 0 Å². The number of hydrogen-bond acceptors (Lipinski definition) is 8. The molecule has 0 amide bonds. The lowest BCUT2D eigenvalue weighted by molar-refractivity contribution is 0.417. The highest BCUT2D eigenvalue weighted by Crippen LogP contribution is 2.66. The summed E-state index contributed by atoms with van der Waals surface area (Å²) < 4.78 is 31.8. The van der Waals surface area contributed by atoms with Gasteiger partial charge in [-0.25, -0.2) is 22.7 Å². The van der Waals surface area contributed by atoms with Crippen LogP contribution in [0, 0.1) is 0 Å². The van der Waals surface area contributed by atoms with Gasteiger partial charge in [0.05, 0.1) is 30.8 Å². The van der Waals surface area contributed by atoms with E-state index in [1.54, 1.807) is 14.0 Å². The van der Waals surface area contributed by atoms with Crippen LogP contribution in [0.15, 0.2) is 53.7 Å². The molecule has 1 unspecified atom stereocenters. The SMILES string of the molecule is C=C1N2CC12c1cc([C@]2(C)CS(=O)(=O)N(C)C(N)=N2)cc(Nc2ccccc2OC)n1. The van der Waals surface area contributed by atoms with E-state index < -0.39 is 15.6 Å². The number of nitrogens with two attached hydrogens (primary N) is 1. The van der Waals surface area contributed by atoms with E-state index in [9.17, 15) is 8.42 Å². The number of anilines is 2. The molecular formula is C21H24N6O3S. The third kappa shape index (κ3) is 2.85. The van der Waals surface area contributed by atoms with Gasteiger partial charge < -0.3 is 20.7 Å². The van der Waals surface area contributed by atoms with Crippen molar-refractivity contribution < 1.29 is 13.2 Å². The lowest BCUT2D eigenvalue weighted by atomic mass is 9.92. The first kappa shape index (κ1) is 19.7. The molecule has 31 heavy (non-hydrogen) atoms. The topological polar surface area (TPSA) is 113 Å². The second-order valence-corrected chi connectivity index (χ2v) is 10.3. The number of benzene rings is 1. The standard InChI is InChI=1S/C21H24N6O3S/c1-13-21(11-27(13)21)17-9-14(20(2)12-31(28,29)26(3)19(22)25-20)10-18(24-17)23-15-7-5-6-8-16(15)30-4/h5-10H,1,11-12H2,2-4H3,(H2,22,25)(H,23,24)/t20-,21?,27?/m0/s1. The molecule has 10 heteroatoms. The number of aliphatic imine (C=N–C) groups is 1. The van der Waals surface area contributed by atoms with Gasteiger partial charge in [0.15, 0.2) is 0 Å². The summed E-state index contributed by atoms with van der Waals surface area (Å²) in [5, 5.41) is 3.31. The number of rotatable bonds is 5. The van der Waals surface area contributed by atoms with Crippen molar-refractivity contribution in [1.29, 1.82) is 0 Å². The Labute approximate surface area is 181 Å². The maximum Gasteiger partial charge on any atom is 0.239 e. The molecule has 3 aliphatic heterocycles. The van der Waals surface area contributed by atoms with Crippen LogP contribution in [-0.4, -0.2) is 55.0 Å². The molecule has 4 heterocycles. The quantitative estimate of drug-likeness (QED) is 0.680. The predicted octanol–water partition coefficient (Wildman–Crippen LogP) is 1.68. The minimum Gasteiger partial charge on any atom is -0.495 e. The summed E-state index contributed by atoms with van der Waals surface area (Å²) in [5.74, 6) is 1.03. The van der Waals surface area contributed by atoms with Gasteiger partial charge >= 0.3 is 0 Å². The van der Waals surface area contributed by atoms with E-state index >= 15 is 0 Å². The second kappa shape index (κ2) is 6.13. The van der Waals surface area contributed by atoms with Crippen molar-refractivity contribution in [2.75, 3.05) is 31.8 Å². The minimum absolute atomic E-state index is 0.0339.